The third kappa shape index (κ3) is 3.64. The van der Waals surface area contributed by atoms with Gasteiger partial charge in [0.15, 0.2) is 22.6 Å². The predicted octanol–water partition coefficient (Wildman–Crippen LogP) is 6.57. The Morgan fingerprint density at radius 2 is 1.34 bits per heavy atom. The summed E-state index contributed by atoms with van der Waals surface area (Å²) in [4.78, 5) is 27.6. The molecule has 0 fully saturated rings. The highest BCUT2D eigenvalue weighted by Crippen LogP contribution is 2.33. The molecule has 2 aromatic heterocycles. The molecule has 0 radical (unpaired) electrons. The molecule has 5 N–H and O–H groups in total. The van der Waals surface area contributed by atoms with Gasteiger partial charge in [-0.1, -0.05) is 62.4 Å². The maximum absolute atomic E-state index is 13.2. The normalized spacial score (nSPS) is 15.9. The molecule has 0 amide bonds. The molecule has 0 atom stereocenters. The molecule has 38 heavy (non-hydrogen) atoms. The van der Waals surface area contributed by atoms with Crippen LogP contribution in [0.25, 0.3) is 55.8 Å². The number of hydrogen-bond donors (Lipinski definition) is 4. The summed E-state index contributed by atoms with van der Waals surface area (Å²) in [6.07, 6.45) is 2.97. The largest absolute Gasteiger partial charge is 0.504 e. The van der Waals surface area contributed by atoms with Gasteiger partial charge in [0.1, 0.15) is 5.82 Å². The van der Waals surface area contributed by atoms with Crippen LogP contribution in [0.4, 0.5) is 0 Å². The molecule has 186 valence electrons. The maximum Gasteiger partial charge on any atom is 0.278 e. The fraction of sp³-hybridized carbons (Fsp3) is 0.0645. The van der Waals surface area contributed by atoms with Crippen LogP contribution in [0.5, 0.6) is 0 Å². The van der Waals surface area contributed by atoms with Crippen LogP contribution in [0.3, 0.4) is 0 Å². The molecule has 1 aliphatic rings. The molecular weight excluding hydrogens is 476 g/mol. The zero-order valence-corrected chi connectivity index (χ0v) is 20.8. The van der Waals surface area contributed by atoms with Crippen LogP contribution in [0.2, 0.25) is 0 Å². The summed E-state index contributed by atoms with van der Waals surface area (Å²) in [5.41, 5.74) is 3.31. The molecule has 0 unspecified atom stereocenters. The number of allylic oxidation sites excluding steroid dienone is 2. The third-order valence-corrected chi connectivity index (χ3v) is 6.65. The van der Waals surface area contributed by atoms with Crippen molar-refractivity contribution in [1.82, 2.24) is 15.0 Å². The van der Waals surface area contributed by atoms with Gasteiger partial charge in [-0.25, -0.2) is 15.0 Å². The molecule has 0 spiro atoms. The number of aromatic nitrogens is 4. The average Bonchev–Trinajstić information content (AvgIpc) is 3.63. The van der Waals surface area contributed by atoms with Crippen LogP contribution in [0.1, 0.15) is 25.5 Å². The second kappa shape index (κ2) is 9.05. The molecule has 0 saturated carbocycles. The number of rotatable bonds is 2. The monoisotopic (exact) mass is 501 g/mol. The molecule has 4 aromatic carbocycles. The molecule has 0 aliphatic heterocycles. The summed E-state index contributed by atoms with van der Waals surface area (Å²) in [5, 5.41) is 25.4. The van der Waals surface area contributed by atoms with Crippen molar-refractivity contribution < 1.29 is 20.0 Å². The van der Waals surface area contributed by atoms with Crippen molar-refractivity contribution >= 4 is 61.5 Å². The van der Waals surface area contributed by atoms with Gasteiger partial charge in [-0.3, -0.25) is 4.79 Å². The number of aliphatic hydroxyl groups excluding tert-OH is 2. The van der Waals surface area contributed by atoms with Crippen molar-refractivity contribution in [3.63, 3.8) is 0 Å². The van der Waals surface area contributed by atoms with Gasteiger partial charge in [-0.2, -0.15) is 0 Å². The lowest BCUT2D eigenvalue weighted by Gasteiger charge is -1.96. The van der Waals surface area contributed by atoms with Crippen LogP contribution >= 0.6 is 0 Å². The van der Waals surface area contributed by atoms with Gasteiger partial charge in [-0.05, 0) is 41.1 Å². The Labute approximate surface area is 217 Å². The third-order valence-electron chi connectivity index (χ3n) is 6.65. The number of nitrogens with one attached hydrogen (secondary N) is 3. The predicted molar refractivity (Wildman–Crippen MR) is 151 cm³/mol. The summed E-state index contributed by atoms with van der Waals surface area (Å²) in [7, 11) is 0. The number of hydrogen-bond acceptors (Lipinski definition) is 4. The zero-order chi connectivity index (χ0) is 26.4. The smallest absolute Gasteiger partial charge is 0.278 e. The second-order valence-electron chi connectivity index (χ2n) is 8.82. The van der Waals surface area contributed by atoms with E-state index in [1.807, 2.05) is 86.6 Å². The van der Waals surface area contributed by atoms with E-state index < -0.39 is 17.3 Å². The van der Waals surface area contributed by atoms with Crippen LogP contribution in [0.15, 0.2) is 95.5 Å². The Balaban J connectivity index is 0.00000129. The summed E-state index contributed by atoms with van der Waals surface area (Å²) in [5.74, 6) is -0.496. The minimum Gasteiger partial charge on any atom is -0.504 e. The first-order valence-electron chi connectivity index (χ1n) is 12.5. The fourth-order valence-electron chi connectivity index (χ4n) is 4.89. The highest BCUT2D eigenvalue weighted by Gasteiger charge is 2.34. The SMILES string of the molecule is CC.O=C1/C(=C/c2nc3c(ccc4ccccc43)[nH]2)C(O)=C(O)/C1=C\c1[nH]c2ccc3ccccc3c2[nH+]1. The molecular formula is C31H25N4O3+. The van der Waals surface area contributed by atoms with Crippen molar-refractivity contribution in [3.8, 4) is 0 Å². The lowest BCUT2D eigenvalue weighted by atomic mass is 10.1. The number of H-pyrrole nitrogens is 3. The fourth-order valence-corrected chi connectivity index (χ4v) is 4.89. The highest BCUT2D eigenvalue weighted by molar-refractivity contribution is 6.21. The van der Waals surface area contributed by atoms with Crippen LogP contribution < -0.4 is 4.98 Å². The number of benzene rings is 4. The van der Waals surface area contributed by atoms with Crippen LogP contribution in [-0.4, -0.2) is 30.9 Å². The van der Waals surface area contributed by atoms with Crippen LogP contribution in [0, 0.1) is 0 Å². The summed E-state index contributed by atoms with van der Waals surface area (Å²) < 4.78 is 0. The van der Waals surface area contributed by atoms with Crippen molar-refractivity contribution in [2.45, 2.75) is 13.8 Å². The van der Waals surface area contributed by atoms with Crippen molar-refractivity contribution in [2.75, 3.05) is 0 Å². The number of Topliss-reactive ketones (excluding diaryl/α,β-unsaturated/α-hetero) is 1. The lowest BCUT2D eigenvalue weighted by molar-refractivity contribution is -0.346. The number of fused-ring (bicyclic) bond motifs is 6. The summed E-state index contributed by atoms with van der Waals surface area (Å²) in [6, 6.07) is 23.8. The van der Waals surface area contributed by atoms with Gasteiger partial charge in [0.2, 0.25) is 5.78 Å². The quantitative estimate of drug-likeness (QED) is 0.201. The Morgan fingerprint density at radius 3 is 2.08 bits per heavy atom. The molecule has 7 heteroatoms. The first kappa shape index (κ1) is 23.2. The number of aromatic amines is 3. The Kier molecular flexibility index (Phi) is 5.53. The number of ketones is 1. The van der Waals surface area contributed by atoms with E-state index in [9.17, 15) is 15.0 Å². The van der Waals surface area contributed by atoms with E-state index in [-0.39, 0.29) is 11.1 Å². The van der Waals surface area contributed by atoms with E-state index in [2.05, 4.69) is 19.9 Å². The Hall–Kier alpha value is -5.17. The van der Waals surface area contributed by atoms with Crippen molar-refractivity contribution in [1.29, 1.82) is 0 Å². The molecule has 7 nitrogen and oxygen atoms in total. The number of aliphatic hydroxyl groups is 2. The van der Waals surface area contributed by atoms with Crippen LogP contribution in [-0.2, 0) is 4.79 Å². The number of nitrogens with zero attached hydrogens (tertiary/aromatic N) is 1. The standard InChI is InChI=1S/C29H18N4O3.C2H6/c34-27-19(13-23-30-21-11-9-15-5-1-3-7-17(15)25(21)32-23)28(35)29(36)20(27)14-24-31-22-12-10-16-6-2-4-8-18(16)26(22)33-24;1-2/h1-14,35-36H,(H,30,32)(H,31,33);1-2H3/p+1/b19-13-,20-14-;. The van der Waals surface area contributed by atoms with Gasteiger partial charge in [-0.15, -0.1) is 0 Å². The first-order valence-corrected chi connectivity index (χ1v) is 12.5. The van der Waals surface area contributed by atoms with Gasteiger partial charge in [0.25, 0.3) is 5.82 Å². The van der Waals surface area contributed by atoms with E-state index in [1.54, 1.807) is 0 Å². The topological polar surface area (TPSA) is 116 Å². The van der Waals surface area contributed by atoms with E-state index in [0.29, 0.717) is 11.6 Å². The molecule has 7 rings (SSSR count). The summed E-state index contributed by atoms with van der Waals surface area (Å²) >= 11 is 0. The van der Waals surface area contributed by atoms with Gasteiger partial charge in [0.05, 0.1) is 22.2 Å². The second-order valence-corrected chi connectivity index (χ2v) is 8.82. The van der Waals surface area contributed by atoms with Gasteiger partial charge in [0, 0.05) is 16.8 Å². The van der Waals surface area contributed by atoms with E-state index in [4.69, 9.17) is 0 Å². The molecule has 1 aliphatic carbocycles. The number of imidazole rings is 2. The van der Waals surface area contributed by atoms with Crippen molar-refractivity contribution in [2.24, 2.45) is 0 Å². The van der Waals surface area contributed by atoms with E-state index in [1.165, 1.54) is 12.2 Å². The van der Waals surface area contributed by atoms with Gasteiger partial charge >= 0.3 is 0 Å². The summed E-state index contributed by atoms with van der Waals surface area (Å²) in [6.45, 7) is 4.00. The lowest BCUT2D eigenvalue weighted by Crippen LogP contribution is -2.06. The Morgan fingerprint density at radius 1 is 0.737 bits per heavy atom. The first-order chi connectivity index (χ1) is 18.6. The van der Waals surface area contributed by atoms with Crippen molar-refractivity contribution in [3.05, 3.63) is 107 Å². The molecule has 6 aromatic rings. The Bertz CT molecular complexity index is 1850. The van der Waals surface area contributed by atoms with E-state index >= 15 is 0 Å². The molecule has 0 bridgehead atoms. The number of carbonyl (C=O) groups excluding carboxylic acids is 1. The molecule has 0 saturated heterocycles. The van der Waals surface area contributed by atoms with E-state index in [0.717, 1.165) is 43.6 Å². The minimum absolute atomic E-state index is 0.00702. The zero-order valence-electron chi connectivity index (χ0n) is 20.8. The highest BCUT2D eigenvalue weighted by atomic mass is 16.3. The number of carbonyl (C=O) groups is 1. The maximum atomic E-state index is 13.2. The van der Waals surface area contributed by atoms with Gasteiger partial charge < -0.3 is 15.2 Å². The minimum atomic E-state index is -0.493. The molecule has 2 heterocycles. The average molecular weight is 502 g/mol.